The number of hydrogen-bond donors (Lipinski definition) is 2. The SMILES string of the molecule is COc1ccc(CNCc2cccc(N3CCOC3=O)c2)cc1O. The minimum Gasteiger partial charge on any atom is -0.504 e. The van der Waals surface area contributed by atoms with Crippen molar-refractivity contribution in [2.75, 3.05) is 25.2 Å². The zero-order chi connectivity index (χ0) is 16.9. The second-order valence-corrected chi connectivity index (χ2v) is 5.55. The van der Waals surface area contributed by atoms with Gasteiger partial charge in [-0.3, -0.25) is 4.90 Å². The summed E-state index contributed by atoms with van der Waals surface area (Å²) in [6, 6.07) is 13.1. The Hall–Kier alpha value is -2.73. The molecule has 6 nitrogen and oxygen atoms in total. The van der Waals surface area contributed by atoms with E-state index >= 15 is 0 Å². The van der Waals surface area contributed by atoms with Gasteiger partial charge in [0, 0.05) is 18.8 Å². The summed E-state index contributed by atoms with van der Waals surface area (Å²) in [5, 5.41) is 13.1. The van der Waals surface area contributed by atoms with Crippen LogP contribution in [0.2, 0.25) is 0 Å². The van der Waals surface area contributed by atoms with Crippen molar-refractivity contribution in [1.29, 1.82) is 0 Å². The molecule has 1 fully saturated rings. The molecule has 0 spiro atoms. The second-order valence-electron chi connectivity index (χ2n) is 5.55. The second kappa shape index (κ2) is 7.23. The Morgan fingerprint density at radius 3 is 2.67 bits per heavy atom. The highest BCUT2D eigenvalue weighted by molar-refractivity contribution is 5.89. The molecule has 0 aromatic heterocycles. The first-order valence-corrected chi connectivity index (χ1v) is 7.77. The molecule has 24 heavy (non-hydrogen) atoms. The molecule has 1 aliphatic rings. The summed E-state index contributed by atoms with van der Waals surface area (Å²) in [6.07, 6.45) is -0.297. The lowest BCUT2D eigenvalue weighted by Gasteiger charge is -2.14. The van der Waals surface area contributed by atoms with E-state index in [1.165, 1.54) is 7.11 Å². The van der Waals surface area contributed by atoms with E-state index in [0.717, 1.165) is 16.8 Å². The normalized spacial score (nSPS) is 13.9. The fourth-order valence-corrected chi connectivity index (χ4v) is 2.66. The third-order valence-corrected chi connectivity index (χ3v) is 3.88. The number of aromatic hydroxyl groups is 1. The molecule has 1 amide bonds. The van der Waals surface area contributed by atoms with Gasteiger partial charge in [-0.1, -0.05) is 18.2 Å². The van der Waals surface area contributed by atoms with Crippen molar-refractivity contribution in [2.45, 2.75) is 13.1 Å². The van der Waals surface area contributed by atoms with E-state index in [0.29, 0.717) is 32.0 Å². The number of rotatable bonds is 6. The first-order chi connectivity index (χ1) is 11.7. The maximum Gasteiger partial charge on any atom is 0.414 e. The number of anilines is 1. The predicted molar refractivity (Wildman–Crippen MR) is 90.3 cm³/mol. The van der Waals surface area contributed by atoms with E-state index in [1.54, 1.807) is 17.0 Å². The number of carbonyl (C=O) groups excluding carboxylic acids is 1. The average molecular weight is 328 g/mol. The van der Waals surface area contributed by atoms with E-state index in [1.807, 2.05) is 30.3 Å². The first-order valence-electron chi connectivity index (χ1n) is 7.77. The Kier molecular flexibility index (Phi) is 4.86. The van der Waals surface area contributed by atoms with Crippen LogP contribution in [0.1, 0.15) is 11.1 Å². The van der Waals surface area contributed by atoms with Gasteiger partial charge >= 0.3 is 6.09 Å². The van der Waals surface area contributed by atoms with Gasteiger partial charge in [0.1, 0.15) is 6.61 Å². The zero-order valence-corrected chi connectivity index (χ0v) is 13.5. The quantitative estimate of drug-likeness (QED) is 0.853. The fraction of sp³-hybridized carbons (Fsp3) is 0.278. The molecule has 0 bridgehead atoms. The number of hydrogen-bond acceptors (Lipinski definition) is 5. The van der Waals surface area contributed by atoms with Crippen molar-refractivity contribution >= 4 is 11.8 Å². The smallest absolute Gasteiger partial charge is 0.414 e. The van der Waals surface area contributed by atoms with E-state index in [9.17, 15) is 9.90 Å². The van der Waals surface area contributed by atoms with E-state index in [2.05, 4.69) is 5.32 Å². The standard InChI is InChI=1S/C18H20N2O4/c1-23-17-6-5-14(10-16(17)21)12-19-11-13-3-2-4-15(9-13)20-7-8-24-18(20)22/h2-6,9-10,19,21H,7-8,11-12H2,1H3. The molecular formula is C18H20N2O4. The van der Waals surface area contributed by atoms with Gasteiger partial charge < -0.3 is 19.9 Å². The van der Waals surface area contributed by atoms with Crippen LogP contribution in [0.15, 0.2) is 42.5 Å². The maximum atomic E-state index is 11.6. The van der Waals surface area contributed by atoms with Gasteiger partial charge in [-0.15, -0.1) is 0 Å². The highest BCUT2D eigenvalue weighted by Crippen LogP contribution is 2.26. The van der Waals surface area contributed by atoms with Gasteiger partial charge in [-0.2, -0.15) is 0 Å². The average Bonchev–Trinajstić information content (AvgIpc) is 3.01. The van der Waals surface area contributed by atoms with Gasteiger partial charge in [0.15, 0.2) is 11.5 Å². The number of nitrogens with zero attached hydrogens (tertiary/aromatic N) is 1. The van der Waals surface area contributed by atoms with Crippen molar-refractivity contribution in [1.82, 2.24) is 5.32 Å². The largest absolute Gasteiger partial charge is 0.504 e. The number of cyclic esters (lactones) is 1. The van der Waals surface area contributed by atoms with Gasteiger partial charge in [0.25, 0.3) is 0 Å². The lowest BCUT2D eigenvalue weighted by molar-refractivity contribution is 0.181. The minimum atomic E-state index is -0.297. The Bertz CT molecular complexity index is 733. The van der Waals surface area contributed by atoms with E-state index in [4.69, 9.17) is 9.47 Å². The van der Waals surface area contributed by atoms with Crippen LogP contribution in [0.3, 0.4) is 0 Å². The lowest BCUT2D eigenvalue weighted by Crippen LogP contribution is -2.23. The number of phenolic OH excluding ortho intramolecular Hbond substituents is 1. The summed E-state index contributed by atoms with van der Waals surface area (Å²) in [6.45, 7) is 2.29. The van der Waals surface area contributed by atoms with Crippen molar-refractivity contribution in [3.8, 4) is 11.5 Å². The topological polar surface area (TPSA) is 71.0 Å². The van der Waals surface area contributed by atoms with Gasteiger partial charge in [0.2, 0.25) is 0 Å². The Balaban J connectivity index is 1.59. The molecule has 0 atom stereocenters. The van der Waals surface area contributed by atoms with E-state index < -0.39 is 0 Å². The number of phenols is 1. The molecule has 0 radical (unpaired) electrons. The molecule has 0 saturated carbocycles. The highest BCUT2D eigenvalue weighted by Gasteiger charge is 2.23. The third kappa shape index (κ3) is 3.60. The summed E-state index contributed by atoms with van der Waals surface area (Å²) in [7, 11) is 1.52. The molecule has 0 aliphatic carbocycles. The summed E-state index contributed by atoms with van der Waals surface area (Å²) in [5.74, 6) is 0.593. The maximum absolute atomic E-state index is 11.6. The van der Waals surface area contributed by atoms with Crippen LogP contribution in [0.5, 0.6) is 11.5 Å². The van der Waals surface area contributed by atoms with Crippen molar-refractivity contribution in [3.05, 3.63) is 53.6 Å². The van der Waals surface area contributed by atoms with Gasteiger partial charge in [0.05, 0.1) is 13.7 Å². The summed E-state index contributed by atoms with van der Waals surface area (Å²) in [4.78, 5) is 13.3. The molecular weight excluding hydrogens is 308 g/mol. The molecule has 6 heteroatoms. The van der Waals surface area contributed by atoms with Crippen molar-refractivity contribution in [2.24, 2.45) is 0 Å². The number of carbonyl (C=O) groups is 1. The molecule has 1 aliphatic heterocycles. The highest BCUT2D eigenvalue weighted by atomic mass is 16.6. The van der Waals surface area contributed by atoms with Crippen LogP contribution < -0.4 is 15.0 Å². The van der Waals surface area contributed by atoms with Crippen LogP contribution >= 0.6 is 0 Å². The van der Waals surface area contributed by atoms with Crippen molar-refractivity contribution < 1.29 is 19.4 Å². The molecule has 0 unspecified atom stereocenters. The summed E-state index contributed by atoms with van der Waals surface area (Å²) in [5.41, 5.74) is 2.89. The van der Waals surface area contributed by atoms with Gasteiger partial charge in [-0.25, -0.2) is 4.79 Å². The number of methoxy groups -OCH3 is 1. The Morgan fingerprint density at radius 1 is 1.21 bits per heavy atom. The van der Waals surface area contributed by atoms with Crippen LogP contribution in [0.4, 0.5) is 10.5 Å². The van der Waals surface area contributed by atoms with Crippen LogP contribution in [-0.4, -0.2) is 31.5 Å². The minimum absolute atomic E-state index is 0.131. The number of amides is 1. The van der Waals surface area contributed by atoms with Crippen LogP contribution in [-0.2, 0) is 17.8 Å². The monoisotopic (exact) mass is 328 g/mol. The van der Waals surface area contributed by atoms with Gasteiger partial charge in [-0.05, 0) is 35.4 Å². The molecule has 2 N–H and O–H groups in total. The number of benzene rings is 2. The van der Waals surface area contributed by atoms with Crippen LogP contribution in [0, 0.1) is 0 Å². The Morgan fingerprint density at radius 2 is 2.00 bits per heavy atom. The van der Waals surface area contributed by atoms with Crippen molar-refractivity contribution in [3.63, 3.8) is 0 Å². The molecule has 3 rings (SSSR count). The molecule has 1 heterocycles. The number of nitrogens with one attached hydrogen (secondary N) is 1. The molecule has 1 saturated heterocycles. The lowest BCUT2D eigenvalue weighted by atomic mass is 10.1. The third-order valence-electron chi connectivity index (χ3n) is 3.88. The number of ether oxygens (including phenoxy) is 2. The fourth-order valence-electron chi connectivity index (χ4n) is 2.66. The predicted octanol–water partition coefficient (Wildman–Crippen LogP) is 2.65. The molecule has 2 aromatic rings. The van der Waals surface area contributed by atoms with Crippen LogP contribution in [0.25, 0.3) is 0 Å². The Labute approximate surface area is 140 Å². The summed E-state index contributed by atoms with van der Waals surface area (Å²) < 4.78 is 10.00. The first kappa shape index (κ1) is 16.1. The molecule has 126 valence electrons. The molecule has 2 aromatic carbocycles. The zero-order valence-electron chi connectivity index (χ0n) is 13.5. The van der Waals surface area contributed by atoms with E-state index in [-0.39, 0.29) is 11.8 Å². The summed E-state index contributed by atoms with van der Waals surface area (Å²) >= 11 is 0.